The van der Waals surface area contributed by atoms with Crippen LogP contribution in [0.3, 0.4) is 0 Å². The van der Waals surface area contributed by atoms with E-state index in [1.165, 1.54) is 0 Å². The molecule has 0 aliphatic rings. The summed E-state index contributed by atoms with van der Waals surface area (Å²) in [6.07, 6.45) is 0.927. The van der Waals surface area contributed by atoms with Crippen LogP contribution in [-0.4, -0.2) is 29.4 Å². The summed E-state index contributed by atoms with van der Waals surface area (Å²) in [5, 5.41) is 24.2. The molecule has 1 aromatic rings. The molecule has 0 heterocycles. The quantitative estimate of drug-likeness (QED) is 0.563. The van der Waals surface area contributed by atoms with E-state index in [1.54, 1.807) is 0 Å². The topological polar surface area (TPSA) is 81.6 Å². The van der Waals surface area contributed by atoms with E-state index in [-0.39, 0.29) is 6.54 Å². The zero-order valence-electron chi connectivity index (χ0n) is 12.8. The predicted molar refractivity (Wildman–Crippen MR) is 84.6 cm³/mol. The highest BCUT2D eigenvalue weighted by Gasteiger charge is 2.09. The number of hydrogen-bond acceptors (Lipinski definition) is 3. The summed E-state index contributed by atoms with van der Waals surface area (Å²) in [6.45, 7) is 5.53. The van der Waals surface area contributed by atoms with Gasteiger partial charge < -0.3 is 20.8 Å². The zero-order valence-corrected chi connectivity index (χ0v) is 12.8. The fraction of sp³-hybridized carbons (Fsp3) is 0.562. The smallest absolute Gasteiger partial charge is 0.404 e. The van der Waals surface area contributed by atoms with E-state index >= 15 is 0 Å². The van der Waals surface area contributed by atoms with Gasteiger partial charge in [-0.1, -0.05) is 38.8 Å². The molecule has 0 bridgehead atoms. The van der Waals surface area contributed by atoms with Crippen LogP contribution >= 0.6 is 0 Å². The van der Waals surface area contributed by atoms with Gasteiger partial charge in [0.05, 0.1) is 6.10 Å². The standard InChI is InChI=1S/C16H26N2O3/c1-3-12(4-2)11-18-14-7-5-6-13(10-14)15(19)8-9-17-16(20)21/h5-7,10,12,15,17-19H,3-4,8-9,11H2,1-2H3,(H,20,21). The summed E-state index contributed by atoms with van der Waals surface area (Å²) < 4.78 is 0. The molecule has 1 amide bonds. The first kappa shape index (κ1) is 17.3. The first-order valence-electron chi connectivity index (χ1n) is 7.55. The van der Waals surface area contributed by atoms with Crippen LogP contribution in [0, 0.1) is 5.92 Å². The van der Waals surface area contributed by atoms with Crippen molar-refractivity contribution in [1.82, 2.24) is 5.32 Å². The summed E-state index contributed by atoms with van der Waals surface area (Å²) in [4.78, 5) is 10.4. The largest absolute Gasteiger partial charge is 0.465 e. The second-order valence-corrected chi connectivity index (χ2v) is 5.23. The maximum absolute atomic E-state index is 10.4. The van der Waals surface area contributed by atoms with Gasteiger partial charge in [-0.25, -0.2) is 4.79 Å². The molecule has 0 aromatic heterocycles. The van der Waals surface area contributed by atoms with Crippen LogP contribution in [-0.2, 0) is 0 Å². The van der Waals surface area contributed by atoms with Crippen molar-refractivity contribution in [3.05, 3.63) is 29.8 Å². The Morgan fingerprint density at radius 2 is 2.00 bits per heavy atom. The van der Waals surface area contributed by atoms with Crippen LogP contribution in [0.4, 0.5) is 10.5 Å². The number of hydrogen-bond donors (Lipinski definition) is 4. The van der Waals surface area contributed by atoms with Crippen molar-refractivity contribution in [2.24, 2.45) is 5.92 Å². The summed E-state index contributed by atoms with van der Waals surface area (Å²) >= 11 is 0. The van der Waals surface area contributed by atoms with Crippen LogP contribution in [0.2, 0.25) is 0 Å². The van der Waals surface area contributed by atoms with Crippen molar-refractivity contribution in [3.63, 3.8) is 0 Å². The second kappa shape index (κ2) is 9.23. The lowest BCUT2D eigenvalue weighted by Gasteiger charge is -2.16. The van der Waals surface area contributed by atoms with Gasteiger partial charge in [0, 0.05) is 18.8 Å². The van der Waals surface area contributed by atoms with E-state index in [9.17, 15) is 9.90 Å². The van der Waals surface area contributed by atoms with Gasteiger partial charge in [0.15, 0.2) is 0 Å². The second-order valence-electron chi connectivity index (χ2n) is 5.23. The molecule has 0 saturated heterocycles. The van der Waals surface area contributed by atoms with Crippen LogP contribution < -0.4 is 10.6 Å². The van der Waals surface area contributed by atoms with E-state index in [4.69, 9.17) is 5.11 Å². The third-order valence-electron chi connectivity index (χ3n) is 3.71. The molecule has 0 radical (unpaired) electrons. The Bertz CT molecular complexity index is 433. The Morgan fingerprint density at radius 3 is 2.62 bits per heavy atom. The molecule has 0 aliphatic heterocycles. The minimum atomic E-state index is -1.07. The lowest BCUT2D eigenvalue weighted by atomic mass is 10.0. The van der Waals surface area contributed by atoms with Crippen LogP contribution in [0.5, 0.6) is 0 Å². The number of anilines is 1. The molecule has 1 unspecified atom stereocenters. The molecule has 4 N–H and O–H groups in total. The summed E-state index contributed by atoms with van der Waals surface area (Å²) in [7, 11) is 0. The maximum atomic E-state index is 10.4. The SMILES string of the molecule is CCC(CC)CNc1cccc(C(O)CCNC(=O)O)c1. The molecule has 0 spiro atoms. The van der Waals surface area contributed by atoms with Crippen molar-refractivity contribution < 1.29 is 15.0 Å². The van der Waals surface area contributed by atoms with Crippen LogP contribution in [0.1, 0.15) is 44.8 Å². The van der Waals surface area contributed by atoms with Gasteiger partial charge in [0.25, 0.3) is 0 Å². The van der Waals surface area contributed by atoms with E-state index in [2.05, 4.69) is 24.5 Å². The van der Waals surface area contributed by atoms with E-state index in [1.807, 2.05) is 24.3 Å². The van der Waals surface area contributed by atoms with E-state index in [0.29, 0.717) is 12.3 Å². The van der Waals surface area contributed by atoms with E-state index in [0.717, 1.165) is 30.6 Å². The van der Waals surface area contributed by atoms with E-state index < -0.39 is 12.2 Å². The Hall–Kier alpha value is -1.75. The van der Waals surface area contributed by atoms with Gasteiger partial charge in [0.2, 0.25) is 0 Å². The Morgan fingerprint density at radius 1 is 1.29 bits per heavy atom. The summed E-state index contributed by atoms with van der Waals surface area (Å²) in [6, 6.07) is 7.66. The fourth-order valence-electron chi connectivity index (χ4n) is 2.18. The maximum Gasteiger partial charge on any atom is 0.404 e. The lowest BCUT2D eigenvalue weighted by Crippen LogP contribution is -2.23. The van der Waals surface area contributed by atoms with Crippen LogP contribution in [0.25, 0.3) is 0 Å². The van der Waals surface area contributed by atoms with Gasteiger partial charge in [-0.05, 0) is 30.0 Å². The molecule has 0 fully saturated rings. The molecular formula is C16H26N2O3. The molecule has 0 aliphatic carbocycles. The molecule has 5 heteroatoms. The Balaban J connectivity index is 2.52. The highest BCUT2D eigenvalue weighted by Crippen LogP contribution is 2.20. The first-order chi connectivity index (χ1) is 10.1. The van der Waals surface area contributed by atoms with Crippen molar-refractivity contribution in [3.8, 4) is 0 Å². The van der Waals surface area contributed by atoms with Gasteiger partial charge >= 0.3 is 6.09 Å². The normalized spacial score (nSPS) is 12.2. The van der Waals surface area contributed by atoms with Crippen molar-refractivity contribution >= 4 is 11.8 Å². The zero-order chi connectivity index (χ0) is 15.7. The number of carboxylic acid groups (broad SMARTS) is 1. The molecular weight excluding hydrogens is 268 g/mol. The average molecular weight is 294 g/mol. The van der Waals surface area contributed by atoms with Gasteiger partial charge in [-0.3, -0.25) is 0 Å². The molecule has 118 valence electrons. The highest BCUT2D eigenvalue weighted by atomic mass is 16.4. The number of rotatable bonds is 9. The summed E-state index contributed by atoms with van der Waals surface area (Å²) in [5.74, 6) is 0.651. The fourth-order valence-corrected chi connectivity index (χ4v) is 2.18. The average Bonchev–Trinajstić information content (AvgIpc) is 2.48. The molecule has 0 saturated carbocycles. The first-order valence-corrected chi connectivity index (χ1v) is 7.55. The third kappa shape index (κ3) is 6.49. The minimum absolute atomic E-state index is 0.238. The van der Waals surface area contributed by atoms with Gasteiger partial charge in [0.1, 0.15) is 0 Å². The molecule has 1 aromatic carbocycles. The Labute approximate surface area is 126 Å². The van der Waals surface area contributed by atoms with Crippen LogP contribution in [0.15, 0.2) is 24.3 Å². The van der Waals surface area contributed by atoms with Crippen molar-refractivity contribution in [2.75, 3.05) is 18.4 Å². The van der Waals surface area contributed by atoms with Crippen molar-refractivity contribution in [2.45, 2.75) is 39.2 Å². The third-order valence-corrected chi connectivity index (χ3v) is 3.71. The number of carbonyl (C=O) groups is 1. The number of benzene rings is 1. The molecule has 21 heavy (non-hydrogen) atoms. The van der Waals surface area contributed by atoms with Gasteiger partial charge in [-0.15, -0.1) is 0 Å². The molecule has 5 nitrogen and oxygen atoms in total. The number of nitrogens with one attached hydrogen (secondary N) is 2. The number of aliphatic hydroxyl groups excluding tert-OH is 1. The summed E-state index contributed by atoms with van der Waals surface area (Å²) in [5.41, 5.74) is 1.79. The lowest BCUT2D eigenvalue weighted by molar-refractivity contribution is 0.162. The molecule has 1 atom stereocenters. The van der Waals surface area contributed by atoms with Crippen molar-refractivity contribution in [1.29, 1.82) is 0 Å². The molecule has 1 rings (SSSR count). The number of aliphatic hydroxyl groups is 1. The number of amides is 1. The highest BCUT2D eigenvalue weighted by molar-refractivity contribution is 5.64. The van der Waals surface area contributed by atoms with Gasteiger partial charge in [-0.2, -0.15) is 0 Å². The minimum Gasteiger partial charge on any atom is -0.465 e. The monoisotopic (exact) mass is 294 g/mol. The Kier molecular flexibility index (Phi) is 7.61. The predicted octanol–water partition coefficient (Wildman–Crippen LogP) is 3.23.